The Kier molecular flexibility index (Phi) is 7.36. The van der Waals surface area contributed by atoms with Gasteiger partial charge in [-0.2, -0.15) is 10.2 Å². The van der Waals surface area contributed by atoms with Crippen LogP contribution in [0.3, 0.4) is 0 Å². The second kappa shape index (κ2) is 10.4. The predicted octanol–water partition coefficient (Wildman–Crippen LogP) is 3.35. The molecule has 0 saturated carbocycles. The van der Waals surface area contributed by atoms with E-state index in [1.807, 2.05) is 0 Å². The van der Waals surface area contributed by atoms with Crippen LogP contribution in [0.1, 0.15) is 40.3 Å². The molecule has 3 aromatic rings. The molecule has 0 fully saturated rings. The molecule has 11 heteroatoms. The van der Waals surface area contributed by atoms with Gasteiger partial charge in [0.1, 0.15) is 28.9 Å². The van der Waals surface area contributed by atoms with E-state index in [1.54, 1.807) is 62.6 Å². The minimum atomic E-state index is -0.802. The van der Waals surface area contributed by atoms with Crippen molar-refractivity contribution in [2.75, 3.05) is 7.11 Å². The highest BCUT2D eigenvalue weighted by Crippen LogP contribution is 2.24. The zero-order chi connectivity index (χ0) is 24.8. The molecule has 0 aliphatic rings. The molecule has 0 spiro atoms. The summed E-state index contributed by atoms with van der Waals surface area (Å²) in [4.78, 5) is 35.3. The quantitative estimate of drug-likeness (QED) is 0.177. The zero-order valence-electron chi connectivity index (χ0n) is 19.0. The lowest BCUT2D eigenvalue weighted by Crippen LogP contribution is -2.28. The summed E-state index contributed by atoms with van der Waals surface area (Å²) in [6, 6.07) is 12.3. The molecular formula is C23H23N5O6. The summed E-state index contributed by atoms with van der Waals surface area (Å²) < 4.78 is 11.7. The van der Waals surface area contributed by atoms with E-state index in [4.69, 9.17) is 9.47 Å². The van der Waals surface area contributed by atoms with Crippen molar-refractivity contribution in [1.29, 1.82) is 0 Å². The molecule has 34 heavy (non-hydrogen) atoms. The summed E-state index contributed by atoms with van der Waals surface area (Å²) in [5, 5.41) is 19.2. The number of aromatic nitrogens is 2. The number of methoxy groups -OCH3 is 1. The van der Waals surface area contributed by atoms with Crippen LogP contribution in [0.5, 0.6) is 11.5 Å². The fourth-order valence-corrected chi connectivity index (χ4v) is 3.19. The van der Waals surface area contributed by atoms with Gasteiger partial charge in [-0.15, -0.1) is 0 Å². The molecule has 1 atom stereocenters. The normalized spacial score (nSPS) is 11.8. The first-order chi connectivity index (χ1) is 16.2. The van der Waals surface area contributed by atoms with E-state index in [1.165, 1.54) is 24.7 Å². The Labute approximate surface area is 195 Å². The molecular weight excluding hydrogens is 442 g/mol. The summed E-state index contributed by atoms with van der Waals surface area (Å²) in [6.07, 6.45) is 1.42. The van der Waals surface area contributed by atoms with Crippen LogP contribution in [0.15, 0.2) is 53.6 Å². The van der Waals surface area contributed by atoms with Gasteiger partial charge in [0.05, 0.1) is 23.8 Å². The van der Waals surface area contributed by atoms with Gasteiger partial charge in [0.2, 0.25) is 0 Å². The molecule has 3 rings (SSSR count). The lowest BCUT2D eigenvalue weighted by molar-refractivity contribution is -0.386. The van der Waals surface area contributed by atoms with Crippen molar-refractivity contribution < 1.29 is 24.0 Å². The molecule has 11 nitrogen and oxygen atoms in total. The second-order valence-corrected chi connectivity index (χ2v) is 7.32. The van der Waals surface area contributed by atoms with E-state index in [0.29, 0.717) is 22.6 Å². The standard InChI is InChI=1S/C23H23N5O6/c1-14-21(28(31)32)15(2)27(26-14)16(3)22(29)25-24-13-17-5-9-20(10-6-17)34-23(30)18-7-11-19(33-4)12-8-18/h5-13,16H,1-4H3,(H,25,29). The first kappa shape index (κ1) is 24.1. The van der Waals surface area contributed by atoms with E-state index in [0.717, 1.165) is 0 Å². The van der Waals surface area contributed by atoms with Crippen molar-refractivity contribution in [3.63, 3.8) is 0 Å². The van der Waals surface area contributed by atoms with E-state index in [2.05, 4.69) is 15.6 Å². The third kappa shape index (κ3) is 5.44. The maximum absolute atomic E-state index is 12.4. The first-order valence-electron chi connectivity index (χ1n) is 10.2. The van der Waals surface area contributed by atoms with E-state index < -0.39 is 22.8 Å². The zero-order valence-corrected chi connectivity index (χ0v) is 19.0. The van der Waals surface area contributed by atoms with Gasteiger partial charge < -0.3 is 9.47 Å². The predicted molar refractivity (Wildman–Crippen MR) is 123 cm³/mol. The summed E-state index contributed by atoms with van der Waals surface area (Å²) in [5.41, 5.74) is 3.84. The highest BCUT2D eigenvalue weighted by molar-refractivity contribution is 5.91. The number of aryl methyl sites for hydroxylation is 1. The molecule has 0 saturated heterocycles. The largest absolute Gasteiger partial charge is 0.497 e. The van der Waals surface area contributed by atoms with Gasteiger partial charge in [-0.3, -0.25) is 19.6 Å². The lowest BCUT2D eigenvalue weighted by atomic mass is 10.2. The molecule has 0 radical (unpaired) electrons. The first-order valence-corrected chi connectivity index (χ1v) is 10.2. The minimum absolute atomic E-state index is 0.115. The molecule has 1 heterocycles. The minimum Gasteiger partial charge on any atom is -0.497 e. The van der Waals surface area contributed by atoms with Crippen molar-refractivity contribution in [3.05, 3.63) is 81.2 Å². The highest BCUT2D eigenvalue weighted by atomic mass is 16.6. The van der Waals surface area contributed by atoms with Crippen LogP contribution < -0.4 is 14.9 Å². The number of hydrazone groups is 1. The number of ether oxygens (including phenoxy) is 2. The summed E-state index contributed by atoms with van der Waals surface area (Å²) >= 11 is 0. The van der Waals surface area contributed by atoms with Crippen molar-refractivity contribution in [3.8, 4) is 11.5 Å². The molecule has 0 bridgehead atoms. The highest BCUT2D eigenvalue weighted by Gasteiger charge is 2.26. The summed E-state index contributed by atoms with van der Waals surface area (Å²) in [6.45, 7) is 4.62. The number of nitrogens with one attached hydrogen (secondary N) is 1. The number of nitro groups is 1. The van der Waals surface area contributed by atoms with Gasteiger partial charge in [-0.25, -0.2) is 10.2 Å². The average Bonchev–Trinajstić information content (AvgIpc) is 3.13. The fourth-order valence-electron chi connectivity index (χ4n) is 3.19. The van der Waals surface area contributed by atoms with Gasteiger partial charge in [-0.1, -0.05) is 0 Å². The SMILES string of the molecule is COc1ccc(C(=O)Oc2ccc(C=NNC(=O)C(C)n3nc(C)c([N+](=O)[O-])c3C)cc2)cc1. The molecule has 1 amide bonds. The second-order valence-electron chi connectivity index (χ2n) is 7.32. The van der Waals surface area contributed by atoms with Crippen LogP contribution >= 0.6 is 0 Å². The van der Waals surface area contributed by atoms with E-state index in [-0.39, 0.29) is 17.1 Å². The van der Waals surface area contributed by atoms with Crippen LogP contribution in [0.25, 0.3) is 0 Å². The molecule has 0 aliphatic carbocycles. The number of benzene rings is 2. The smallest absolute Gasteiger partial charge is 0.343 e. The fraction of sp³-hybridized carbons (Fsp3) is 0.217. The number of hydrogen-bond donors (Lipinski definition) is 1. The van der Waals surface area contributed by atoms with Gasteiger partial charge in [-0.05, 0) is 74.9 Å². The molecule has 1 N–H and O–H groups in total. The summed E-state index contributed by atoms with van der Waals surface area (Å²) in [7, 11) is 1.54. The van der Waals surface area contributed by atoms with Gasteiger partial charge in [0, 0.05) is 0 Å². The number of amides is 1. The molecule has 2 aromatic carbocycles. The van der Waals surface area contributed by atoms with Gasteiger partial charge in [0.25, 0.3) is 5.91 Å². The molecule has 1 aromatic heterocycles. The molecule has 176 valence electrons. The Morgan fingerprint density at radius 2 is 1.74 bits per heavy atom. The van der Waals surface area contributed by atoms with Crippen LogP contribution in [0.2, 0.25) is 0 Å². The van der Waals surface area contributed by atoms with Crippen LogP contribution in [-0.2, 0) is 4.79 Å². The van der Waals surface area contributed by atoms with Gasteiger partial charge in [0.15, 0.2) is 0 Å². The number of nitrogens with zero attached hydrogens (tertiary/aromatic N) is 4. The van der Waals surface area contributed by atoms with Gasteiger partial charge >= 0.3 is 11.7 Å². The monoisotopic (exact) mass is 465 g/mol. The van der Waals surface area contributed by atoms with E-state index >= 15 is 0 Å². The van der Waals surface area contributed by atoms with E-state index in [9.17, 15) is 19.7 Å². The van der Waals surface area contributed by atoms with Crippen molar-refractivity contribution in [2.24, 2.45) is 5.10 Å². The molecule has 1 unspecified atom stereocenters. The number of hydrogen-bond acceptors (Lipinski definition) is 8. The Morgan fingerprint density at radius 1 is 1.12 bits per heavy atom. The van der Waals surface area contributed by atoms with Crippen molar-refractivity contribution in [2.45, 2.75) is 26.8 Å². The number of esters is 1. The van der Waals surface area contributed by atoms with Crippen LogP contribution in [0.4, 0.5) is 5.69 Å². The number of carbonyl (C=O) groups excluding carboxylic acids is 2. The lowest BCUT2D eigenvalue weighted by Gasteiger charge is -2.11. The number of rotatable bonds is 8. The third-order valence-electron chi connectivity index (χ3n) is 5.02. The third-order valence-corrected chi connectivity index (χ3v) is 5.02. The molecule has 0 aliphatic heterocycles. The van der Waals surface area contributed by atoms with Crippen molar-refractivity contribution in [1.82, 2.24) is 15.2 Å². The van der Waals surface area contributed by atoms with Crippen LogP contribution in [-0.4, -0.2) is 39.9 Å². The number of carbonyl (C=O) groups is 2. The van der Waals surface area contributed by atoms with Crippen LogP contribution in [0, 0.1) is 24.0 Å². The Balaban J connectivity index is 1.57. The Hall–Kier alpha value is -4.54. The topological polar surface area (TPSA) is 138 Å². The Morgan fingerprint density at radius 3 is 2.29 bits per heavy atom. The maximum Gasteiger partial charge on any atom is 0.343 e. The average molecular weight is 465 g/mol. The summed E-state index contributed by atoms with van der Waals surface area (Å²) in [5.74, 6) is -0.00361. The maximum atomic E-state index is 12.4. The van der Waals surface area contributed by atoms with Crippen molar-refractivity contribution >= 4 is 23.8 Å². The Bertz CT molecular complexity index is 1230.